The van der Waals surface area contributed by atoms with E-state index >= 15 is 0 Å². The molecule has 0 amide bonds. The van der Waals surface area contributed by atoms with E-state index in [1.165, 1.54) is 5.56 Å². The van der Waals surface area contributed by atoms with Crippen molar-refractivity contribution in [3.8, 4) is 11.5 Å². The molecule has 9 nitrogen and oxygen atoms in total. The molecule has 5 aromatic rings. The van der Waals surface area contributed by atoms with Crippen LogP contribution in [0.2, 0.25) is 0 Å². The van der Waals surface area contributed by atoms with Crippen LogP contribution in [0.25, 0.3) is 17.0 Å². The van der Waals surface area contributed by atoms with E-state index in [0.717, 1.165) is 34.6 Å². The Morgan fingerprint density at radius 3 is 2.97 bits per heavy atom. The van der Waals surface area contributed by atoms with Gasteiger partial charge in [0.1, 0.15) is 6.04 Å². The molecule has 0 radical (unpaired) electrons. The van der Waals surface area contributed by atoms with E-state index in [9.17, 15) is 0 Å². The summed E-state index contributed by atoms with van der Waals surface area (Å²) in [4.78, 5) is 14.1. The van der Waals surface area contributed by atoms with E-state index in [2.05, 4.69) is 56.0 Å². The molecule has 32 heavy (non-hydrogen) atoms. The first-order valence-electron chi connectivity index (χ1n) is 10.7. The van der Waals surface area contributed by atoms with Gasteiger partial charge in [-0.2, -0.15) is 5.10 Å². The van der Waals surface area contributed by atoms with Gasteiger partial charge in [0, 0.05) is 37.3 Å². The third kappa shape index (κ3) is 2.96. The monoisotopic (exact) mass is 426 g/mol. The summed E-state index contributed by atoms with van der Waals surface area (Å²) < 4.78 is 8.02. The second kappa shape index (κ2) is 7.30. The molecule has 1 aliphatic heterocycles. The van der Waals surface area contributed by atoms with Gasteiger partial charge in [0.05, 0.1) is 28.8 Å². The lowest BCUT2D eigenvalue weighted by Crippen LogP contribution is -2.36. The lowest BCUT2D eigenvalue weighted by molar-refractivity contribution is 0.503. The molecule has 6 rings (SSSR count). The zero-order valence-electron chi connectivity index (χ0n) is 17.8. The number of imidazole rings is 1. The van der Waals surface area contributed by atoms with Crippen molar-refractivity contribution in [2.75, 3.05) is 11.4 Å². The Morgan fingerprint density at radius 2 is 2.12 bits per heavy atom. The number of aromatic nitrogens is 7. The first-order valence-corrected chi connectivity index (χ1v) is 10.7. The highest BCUT2D eigenvalue weighted by Gasteiger charge is 2.36. The van der Waals surface area contributed by atoms with Crippen LogP contribution in [0, 0.1) is 0 Å². The number of aromatic amines is 1. The van der Waals surface area contributed by atoms with Gasteiger partial charge in [0.2, 0.25) is 0 Å². The van der Waals surface area contributed by atoms with E-state index < -0.39 is 0 Å². The fraction of sp³-hybridized carbons (Fsp3) is 0.261. The van der Waals surface area contributed by atoms with Crippen molar-refractivity contribution in [3.05, 3.63) is 77.9 Å². The molecular weight excluding hydrogens is 404 g/mol. The van der Waals surface area contributed by atoms with E-state index in [1.54, 1.807) is 18.7 Å². The van der Waals surface area contributed by atoms with Crippen molar-refractivity contribution in [2.24, 2.45) is 0 Å². The summed E-state index contributed by atoms with van der Waals surface area (Å²) >= 11 is 0. The van der Waals surface area contributed by atoms with Crippen LogP contribution in [0.5, 0.6) is 0 Å². The SMILES string of the molecule is CC(C)c1cccn2nc(C3c4nc[nH]c4CCN3c3nnc(-c4cccnc4)o3)cc12. The lowest BCUT2D eigenvalue weighted by atomic mass is 9.99. The van der Waals surface area contributed by atoms with Crippen molar-refractivity contribution >= 4 is 11.5 Å². The molecule has 0 spiro atoms. The van der Waals surface area contributed by atoms with Gasteiger partial charge >= 0.3 is 6.01 Å². The first-order chi connectivity index (χ1) is 15.7. The van der Waals surface area contributed by atoms with Gasteiger partial charge in [-0.3, -0.25) is 4.98 Å². The molecule has 0 bridgehead atoms. The largest absolute Gasteiger partial charge is 0.403 e. The third-order valence-corrected chi connectivity index (χ3v) is 5.95. The smallest absolute Gasteiger partial charge is 0.319 e. The molecule has 160 valence electrons. The number of hydrogen-bond donors (Lipinski definition) is 1. The number of fused-ring (bicyclic) bond motifs is 2. The Hall–Kier alpha value is -4.01. The fourth-order valence-electron chi connectivity index (χ4n) is 4.40. The van der Waals surface area contributed by atoms with Gasteiger partial charge in [-0.05, 0) is 35.7 Å². The maximum absolute atomic E-state index is 6.08. The van der Waals surface area contributed by atoms with Crippen LogP contribution >= 0.6 is 0 Å². The van der Waals surface area contributed by atoms with Crippen molar-refractivity contribution in [1.82, 2.24) is 34.8 Å². The van der Waals surface area contributed by atoms with Crippen LogP contribution in [0.1, 0.15) is 48.5 Å². The molecule has 1 N–H and O–H groups in total. The van der Waals surface area contributed by atoms with Crippen LogP contribution in [0.15, 0.2) is 59.7 Å². The molecule has 1 unspecified atom stereocenters. The summed E-state index contributed by atoms with van der Waals surface area (Å²) in [6.07, 6.45) is 7.96. The zero-order chi connectivity index (χ0) is 21.7. The minimum atomic E-state index is -0.230. The minimum absolute atomic E-state index is 0.230. The minimum Gasteiger partial charge on any atom is -0.403 e. The molecule has 6 heterocycles. The van der Waals surface area contributed by atoms with Gasteiger partial charge in [-0.25, -0.2) is 9.50 Å². The second-order valence-electron chi connectivity index (χ2n) is 8.26. The summed E-state index contributed by atoms with van der Waals surface area (Å²) in [7, 11) is 0. The van der Waals surface area contributed by atoms with E-state index in [1.807, 2.05) is 28.9 Å². The molecule has 0 fully saturated rings. The Balaban J connectivity index is 1.46. The van der Waals surface area contributed by atoms with Crippen LogP contribution in [-0.2, 0) is 6.42 Å². The average Bonchev–Trinajstić information content (AvgIpc) is 3.57. The summed E-state index contributed by atoms with van der Waals surface area (Å²) in [5.41, 5.74) is 6.09. The number of anilines is 1. The van der Waals surface area contributed by atoms with Crippen LogP contribution in [0.3, 0.4) is 0 Å². The van der Waals surface area contributed by atoms with Gasteiger partial charge < -0.3 is 14.3 Å². The highest BCUT2D eigenvalue weighted by molar-refractivity contribution is 5.59. The molecule has 0 aliphatic carbocycles. The Morgan fingerprint density at radius 1 is 1.19 bits per heavy atom. The Bertz CT molecular complexity index is 1380. The summed E-state index contributed by atoms with van der Waals surface area (Å²) in [5, 5.41) is 13.5. The Labute approximate surface area is 184 Å². The van der Waals surface area contributed by atoms with Gasteiger partial charge in [0.15, 0.2) is 0 Å². The summed E-state index contributed by atoms with van der Waals surface area (Å²) in [6, 6.07) is 10.3. The molecule has 0 aromatic carbocycles. The normalized spacial score (nSPS) is 16.1. The van der Waals surface area contributed by atoms with E-state index in [4.69, 9.17) is 9.52 Å². The highest BCUT2D eigenvalue weighted by atomic mass is 16.4. The number of nitrogens with one attached hydrogen (secondary N) is 1. The van der Waals surface area contributed by atoms with Crippen LogP contribution in [-0.4, -0.2) is 41.3 Å². The fourth-order valence-corrected chi connectivity index (χ4v) is 4.40. The number of rotatable bonds is 4. The summed E-state index contributed by atoms with van der Waals surface area (Å²) in [5.74, 6) is 0.835. The number of hydrogen-bond acceptors (Lipinski definition) is 7. The van der Waals surface area contributed by atoms with Gasteiger partial charge in [-0.1, -0.05) is 25.0 Å². The van der Waals surface area contributed by atoms with E-state index in [-0.39, 0.29) is 6.04 Å². The molecule has 5 aromatic heterocycles. The molecule has 9 heteroatoms. The van der Waals surface area contributed by atoms with E-state index in [0.29, 0.717) is 24.4 Å². The molecule has 0 saturated heterocycles. The number of pyridine rings is 2. The lowest BCUT2D eigenvalue weighted by Gasteiger charge is -2.32. The molecular formula is C23H22N8O. The predicted molar refractivity (Wildman–Crippen MR) is 118 cm³/mol. The quantitative estimate of drug-likeness (QED) is 0.467. The topological polar surface area (TPSA) is 101 Å². The standard InChI is InChI=1S/C23H22N8O/c1-14(2)16-6-4-9-31-19(16)11-18(29-31)21-20-17(25-13-26-20)7-10-30(21)23-28-27-22(32-23)15-5-3-8-24-12-15/h3-6,8-9,11-14,21H,7,10H2,1-2H3,(H,25,26). The third-order valence-electron chi connectivity index (χ3n) is 5.95. The summed E-state index contributed by atoms with van der Waals surface area (Å²) in [6.45, 7) is 5.09. The molecule has 1 atom stereocenters. The van der Waals surface area contributed by atoms with Crippen molar-refractivity contribution in [3.63, 3.8) is 0 Å². The van der Waals surface area contributed by atoms with Crippen LogP contribution < -0.4 is 4.90 Å². The molecule has 1 aliphatic rings. The number of nitrogens with zero attached hydrogens (tertiary/aromatic N) is 7. The number of H-pyrrole nitrogens is 1. The maximum Gasteiger partial charge on any atom is 0.319 e. The molecule has 0 saturated carbocycles. The van der Waals surface area contributed by atoms with Gasteiger partial charge in [0.25, 0.3) is 5.89 Å². The zero-order valence-corrected chi connectivity index (χ0v) is 17.8. The van der Waals surface area contributed by atoms with Crippen molar-refractivity contribution in [2.45, 2.75) is 32.2 Å². The van der Waals surface area contributed by atoms with Crippen molar-refractivity contribution < 1.29 is 4.42 Å². The van der Waals surface area contributed by atoms with Crippen LogP contribution in [0.4, 0.5) is 6.01 Å². The predicted octanol–water partition coefficient (Wildman–Crippen LogP) is 3.78. The maximum atomic E-state index is 6.08. The highest BCUT2D eigenvalue weighted by Crippen LogP contribution is 2.37. The average molecular weight is 426 g/mol. The second-order valence-corrected chi connectivity index (χ2v) is 8.26. The van der Waals surface area contributed by atoms with Crippen molar-refractivity contribution in [1.29, 1.82) is 0 Å². The Kier molecular flexibility index (Phi) is 4.27. The first kappa shape index (κ1) is 18.7. The van der Waals surface area contributed by atoms with Gasteiger partial charge in [-0.15, -0.1) is 5.10 Å².